The van der Waals surface area contributed by atoms with Gasteiger partial charge in [0.05, 0.1) is 35.6 Å². The molecule has 40 heavy (non-hydrogen) atoms. The van der Waals surface area contributed by atoms with E-state index in [0.717, 1.165) is 20.8 Å². The van der Waals surface area contributed by atoms with Gasteiger partial charge in [-0.1, -0.05) is 57.6 Å². The van der Waals surface area contributed by atoms with Crippen LogP contribution >= 0.6 is 27.3 Å². The average Bonchev–Trinajstić information content (AvgIpc) is 3.22. The minimum Gasteiger partial charge on any atom is -0.496 e. The van der Waals surface area contributed by atoms with Gasteiger partial charge in [-0.2, -0.15) is 0 Å². The van der Waals surface area contributed by atoms with Crippen molar-refractivity contribution in [2.75, 3.05) is 13.7 Å². The van der Waals surface area contributed by atoms with Gasteiger partial charge in [-0.25, -0.2) is 9.79 Å². The number of rotatable bonds is 7. The van der Waals surface area contributed by atoms with Crippen LogP contribution in [0.4, 0.5) is 0 Å². The smallest absolute Gasteiger partial charge is 0.338 e. The number of carbonyl (C=O) groups excluding carboxylic acids is 1. The molecule has 4 aromatic rings. The van der Waals surface area contributed by atoms with E-state index in [9.17, 15) is 9.59 Å². The number of aromatic nitrogens is 1. The summed E-state index contributed by atoms with van der Waals surface area (Å²) in [6, 6.07) is 16.6. The van der Waals surface area contributed by atoms with E-state index in [-0.39, 0.29) is 18.3 Å². The van der Waals surface area contributed by atoms with Gasteiger partial charge in [0.25, 0.3) is 5.56 Å². The molecule has 1 aliphatic heterocycles. The molecule has 0 saturated heterocycles. The van der Waals surface area contributed by atoms with Crippen LogP contribution in [0, 0.1) is 0 Å². The van der Waals surface area contributed by atoms with E-state index in [4.69, 9.17) is 19.2 Å². The normalized spacial score (nSPS) is 15.3. The Labute approximate surface area is 244 Å². The molecule has 3 aromatic carbocycles. The number of benzene rings is 3. The largest absolute Gasteiger partial charge is 0.496 e. The molecular formula is C31H29BrN2O5S. The SMILES string of the molecule is CCOC(=O)C1=C(C)N=c2s/c(=C/c3cc(Br)ccc3OC(C)C)c(=O)n2[C@@H]1c1c(OC)ccc2ccccc12. The molecule has 5 rings (SSSR count). The van der Waals surface area contributed by atoms with Gasteiger partial charge in [0.1, 0.15) is 17.5 Å². The minimum atomic E-state index is -0.799. The van der Waals surface area contributed by atoms with Crippen molar-refractivity contribution >= 4 is 50.1 Å². The second-order valence-corrected chi connectivity index (χ2v) is 11.5. The van der Waals surface area contributed by atoms with Crippen LogP contribution < -0.4 is 24.4 Å². The first-order valence-electron chi connectivity index (χ1n) is 12.9. The number of hydrogen-bond donors (Lipinski definition) is 0. The summed E-state index contributed by atoms with van der Waals surface area (Å²) in [5.41, 5.74) is 2.00. The van der Waals surface area contributed by atoms with Gasteiger partial charge in [-0.05, 0) is 68.8 Å². The average molecular weight is 622 g/mol. The maximum absolute atomic E-state index is 14.2. The quantitative estimate of drug-likeness (QED) is 0.255. The van der Waals surface area contributed by atoms with E-state index in [1.807, 2.05) is 74.5 Å². The fourth-order valence-corrected chi connectivity index (χ4v) is 6.35. The van der Waals surface area contributed by atoms with E-state index in [2.05, 4.69) is 15.9 Å². The molecule has 206 valence electrons. The highest BCUT2D eigenvalue weighted by molar-refractivity contribution is 9.10. The Kier molecular flexibility index (Phi) is 7.96. The van der Waals surface area contributed by atoms with Gasteiger partial charge < -0.3 is 14.2 Å². The minimum absolute atomic E-state index is 0.0387. The molecule has 0 aliphatic carbocycles. The number of allylic oxidation sites excluding steroid dienone is 1. The van der Waals surface area contributed by atoms with Crippen molar-refractivity contribution in [3.8, 4) is 11.5 Å². The lowest BCUT2D eigenvalue weighted by Gasteiger charge is -2.27. The first-order valence-corrected chi connectivity index (χ1v) is 14.6. The van der Waals surface area contributed by atoms with Crippen LogP contribution in [0.2, 0.25) is 0 Å². The lowest BCUT2D eigenvalue weighted by atomic mass is 9.90. The van der Waals surface area contributed by atoms with E-state index >= 15 is 0 Å². The number of thiazole rings is 1. The van der Waals surface area contributed by atoms with Crippen LogP contribution in [-0.4, -0.2) is 30.4 Å². The highest BCUT2D eigenvalue weighted by atomic mass is 79.9. The molecule has 0 amide bonds. The number of fused-ring (bicyclic) bond motifs is 2. The molecule has 9 heteroatoms. The number of carbonyl (C=O) groups is 1. The third-order valence-corrected chi connectivity index (χ3v) is 8.04. The number of halogens is 1. The maximum atomic E-state index is 14.2. The Hall–Kier alpha value is -3.69. The first kappa shape index (κ1) is 27.9. The van der Waals surface area contributed by atoms with E-state index in [1.54, 1.807) is 25.5 Å². The molecule has 1 atom stereocenters. The van der Waals surface area contributed by atoms with Gasteiger partial charge in [0.2, 0.25) is 0 Å². The fraction of sp³-hybridized carbons (Fsp3) is 0.258. The Morgan fingerprint density at radius 2 is 1.90 bits per heavy atom. The zero-order valence-corrected chi connectivity index (χ0v) is 25.3. The highest BCUT2D eigenvalue weighted by Crippen LogP contribution is 2.40. The molecule has 0 fully saturated rings. The maximum Gasteiger partial charge on any atom is 0.338 e. The Morgan fingerprint density at radius 3 is 2.62 bits per heavy atom. The van der Waals surface area contributed by atoms with Crippen LogP contribution in [0.25, 0.3) is 16.8 Å². The first-order chi connectivity index (χ1) is 19.2. The van der Waals surface area contributed by atoms with Crippen LogP contribution in [-0.2, 0) is 9.53 Å². The monoisotopic (exact) mass is 620 g/mol. The van der Waals surface area contributed by atoms with Crippen LogP contribution in [0.1, 0.15) is 44.9 Å². The van der Waals surface area contributed by atoms with Crippen LogP contribution in [0.15, 0.2) is 80.1 Å². The summed E-state index contributed by atoms with van der Waals surface area (Å²) in [5, 5.41) is 1.83. The molecule has 0 unspecified atom stereocenters. The summed E-state index contributed by atoms with van der Waals surface area (Å²) >= 11 is 4.80. The van der Waals surface area contributed by atoms with E-state index in [0.29, 0.717) is 37.7 Å². The lowest BCUT2D eigenvalue weighted by Crippen LogP contribution is -2.40. The molecule has 1 aliphatic rings. The zero-order chi connectivity index (χ0) is 28.6. The van der Waals surface area contributed by atoms with Crippen molar-refractivity contribution in [3.63, 3.8) is 0 Å². The molecule has 0 spiro atoms. The highest BCUT2D eigenvalue weighted by Gasteiger charge is 2.36. The van der Waals surface area contributed by atoms with Crippen molar-refractivity contribution in [2.45, 2.75) is 39.8 Å². The van der Waals surface area contributed by atoms with Crippen molar-refractivity contribution in [1.29, 1.82) is 0 Å². The standard InChI is InChI=1S/C31H29BrN2O5S/c1-6-38-30(36)26-18(4)33-31-34(28(26)27-22-10-8-7-9-19(22)11-13-24(27)37-5)29(35)25(40-31)16-20-15-21(32)12-14-23(20)39-17(2)3/h7-17,28H,6H2,1-5H3/b25-16+/t28-/m0/s1. The van der Waals surface area contributed by atoms with Crippen molar-refractivity contribution in [1.82, 2.24) is 4.57 Å². The summed E-state index contributed by atoms with van der Waals surface area (Å²) in [4.78, 5) is 32.8. The Balaban J connectivity index is 1.83. The van der Waals surface area contributed by atoms with Gasteiger partial charge in [0, 0.05) is 15.6 Å². The Morgan fingerprint density at radius 1 is 1.15 bits per heavy atom. The molecule has 7 nitrogen and oxygen atoms in total. The second-order valence-electron chi connectivity index (χ2n) is 9.55. The van der Waals surface area contributed by atoms with Gasteiger partial charge in [0.15, 0.2) is 4.80 Å². The third kappa shape index (κ3) is 5.11. The predicted molar refractivity (Wildman–Crippen MR) is 161 cm³/mol. The van der Waals surface area contributed by atoms with Gasteiger partial charge in [-0.3, -0.25) is 9.36 Å². The fourth-order valence-electron chi connectivity index (χ4n) is 4.93. The molecule has 0 saturated carbocycles. The summed E-state index contributed by atoms with van der Waals surface area (Å²) in [5.74, 6) is 0.715. The van der Waals surface area contributed by atoms with Gasteiger partial charge >= 0.3 is 5.97 Å². The molecule has 2 heterocycles. The van der Waals surface area contributed by atoms with Crippen LogP contribution in [0.5, 0.6) is 11.5 Å². The molecular weight excluding hydrogens is 592 g/mol. The summed E-state index contributed by atoms with van der Waals surface area (Å²) in [6.07, 6.45) is 1.77. The summed E-state index contributed by atoms with van der Waals surface area (Å²) in [7, 11) is 1.58. The number of methoxy groups -OCH3 is 1. The topological polar surface area (TPSA) is 79.1 Å². The van der Waals surface area contributed by atoms with E-state index in [1.165, 1.54) is 11.3 Å². The van der Waals surface area contributed by atoms with Crippen molar-refractivity contribution in [2.24, 2.45) is 4.99 Å². The number of ether oxygens (including phenoxy) is 3. The predicted octanol–water partition coefficient (Wildman–Crippen LogP) is 5.51. The van der Waals surface area contributed by atoms with Crippen molar-refractivity contribution < 1.29 is 19.0 Å². The Bertz CT molecular complexity index is 1840. The van der Waals surface area contributed by atoms with Crippen LogP contribution in [0.3, 0.4) is 0 Å². The summed E-state index contributed by atoms with van der Waals surface area (Å²) < 4.78 is 20.2. The molecule has 0 radical (unpaired) electrons. The van der Waals surface area contributed by atoms with Crippen molar-refractivity contribution in [3.05, 3.63) is 101 Å². The third-order valence-electron chi connectivity index (χ3n) is 6.56. The molecule has 0 bridgehead atoms. The molecule has 1 aromatic heterocycles. The number of nitrogens with zero attached hydrogens (tertiary/aromatic N) is 2. The zero-order valence-electron chi connectivity index (χ0n) is 22.9. The van der Waals surface area contributed by atoms with Gasteiger partial charge in [-0.15, -0.1) is 0 Å². The van der Waals surface area contributed by atoms with E-state index < -0.39 is 12.0 Å². The number of hydrogen-bond acceptors (Lipinski definition) is 7. The lowest BCUT2D eigenvalue weighted by molar-refractivity contribution is -0.139. The second kappa shape index (κ2) is 11.4. The number of esters is 1. The molecule has 0 N–H and O–H groups in total. The summed E-state index contributed by atoms with van der Waals surface area (Å²) in [6.45, 7) is 7.64.